The molecule has 0 aliphatic heterocycles. The van der Waals surface area contributed by atoms with Crippen LogP contribution in [0.4, 0.5) is 0 Å². The molecule has 8 fully saturated rings. The van der Waals surface area contributed by atoms with Gasteiger partial charge < -0.3 is 0 Å². The zero-order chi connectivity index (χ0) is 19.1. The highest BCUT2D eigenvalue weighted by Crippen LogP contribution is 2.71. The molecule has 0 aromatic heterocycles. The summed E-state index contributed by atoms with van der Waals surface area (Å²) >= 11 is 0. The van der Waals surface area contributed by atoms with Crippen LogP contribution in [0.25, 0.3) is 0 Å². The van der Waals surface area contributed by atoms with Crippen molar-refractivity contribution in [2.75, 3.05) is 0 Å². The van der Waals surface area contributed by atoms with Crippen molar-refractivity contribution in [3.05, 3.63) is 0 Å². The lowest BCUT2D eigenvalue weighted by molar-refractivity contribution is 0.0522. The molecule has 0 amide bonds. The van der Waals surface area contributed by atoms with Gasteiger partial charge in [-0.15, -0.1) is 0 Å². The minimum absolute atomic E-state index is 0.616. The lowest BCUT2D eigenvalue weighted by Crippen LogP contribution is -2.36. The molecule has 160 valence electrons. The minimum Gasteiger partial charge on any atom is -0.0599 e. The molecule has 8 aliphatic carbocycles. The second-order valence-electron chi connectivity index (χ2n) is 14.9. The Morgan fingerprint density at radius 2 is 0.897 bits per heavy atom. The third-order valence-electron chi connectivity index (χ3n) is 13.4. The Balaban J connectivity index is 0.962. The van der Waals surface area contributed by atoms with E-state index in [0.29, 0.717) is 5.41 Å². The molecule has 0 saturated heterocycles. The van der Waals surface area contributed by atoms with E-state index in [1.54, 1.807) is 77.0 Å². The van der Waals surface area contributed by atoms with Crippen molar-refractivity contribution in [3.8, 4) is 0 Å². The van der Waals surface area contributed by atoms with Crippen LogP contribution in [0.5, 0.6) is 0 Å². The first-order chi connectivity index (χ1) is 14.1. The second kappa shape index (κ2) is 5.67. The van der Waals surface area contributed by atoms with Gasteiger partial charge in [-0.2, -0.15) is 0 Å². The van der Waals surface area contributed by atoms with Crippen LogP contribution in [-0.4, -0.2) is 0 Å². The molecule has 0 heterocycles. The maximum atomic E-state index is 2.70. The standard InChI is InChI=1S/C29H44/c1-29(2,13-21-9-19-11-23(21)27-17-5-3-15(7-17)25(19)27)14-22-10-20-12-24(22)28-18-6-4-16(8-18)26(20)28/h15-28H,3-14H2,1-2H3. The fraction of sp³-hybridized carbons (Fsp3) is 1.00. The quantitative estimate of drug-likeness (QED) is 0.436. The molecule has 8 bridgehead atoms. The van der Waals surface area contributed by atoms with Gasteiger partial charge >= 0.3 is 0 Å². The SMILES string of the molecule is CC(C)(CC1CC2CC1C1C3CCC(C3)C21)CC1CC2CC1C1C3CCC(C3)C21. The van der Waals surface area contributed by atoms with Crippen LogP contribution in [0.3, 0.4) is 0 Å². The van der Waals surface area contributed by atoms with Crippen molar-refractivity contribution >= 4 is 0 Å². The molecule has 8 aliphatic rings. The number of hydrogen-bond acceptors (Lipinski definition) is 0. The van der Waals surface area contributed by atoms with Gasteiger partial charge in [-0.1, -0.05) is 13.8 Å². The molecule has 14 unspecified atom stereocenters. The molecule has 0 nitrogen and oxygen atoms in total. The Kier molecular flexibility index (Phi) is 3.43. The second-order valence-corrected chi connectivity index (χ2v) is 14.9. The van der Waals surface area contributed by atoms with Crippen LogP contribution in [0.1, 0.15) is 90.9 Å². The highest BCUT2D eigenvalue weighted by molar-refractivity contribution is 5.13. The minimum atomic E-state index is 0.616. The van der Waals surface area contributed by atoms with E-state index in [1.807, 2.05) is 0 Å². The molecule has 8 rings (SSSR count). The molecule has 0 N–H and O–H groups in total. The van der Waals surface area contributed by atoms with Crippen LogP contribution in [-0.2, 0) is 0 Å². The normalized spacial score (nSPS) is 63.1. The van der Waals surface area contributed by atoms with Gasteiger partial charge in [0.05, 0.1) is 0 Å². The smallest absolute Gasteiger partial charge is 0.0321 e. The fourth-order valence-electron chi connectivity index (χ4n) is 13.4. The molecular formula is C29H44. The van der Waals surface area contributed by atoms with Gasteiger partial charge in [0.1, 0.15) is 0 Å². The van der Waals surface area contributed by atoms with Gasteiger partial charge in [0.15, 0.2) is 0 Å². The van der Waals surface area contributed by atoms with E-state index in [-0.39, 0.29) is 0 Å². The predicted octanol–water partition coefficient (Wildman–Crippen LogP) is 7.43. The van der Waals surface area contributed by atoms with Crippen LogP contribution in [0.15, 0.2) is 0 Å². The molecular weight excluding hydrogens is 348 g/mol. The van der Waals surface area contributed by atoms with E-state index in [9.17, 15) is 0 Å². The molecule has 29 heavy (non-hydrogen) atoms. The average Bonchev–Trinajstić information content (AvgIpc) is 3.52. The fourth-order valence-corrected chi connectivity index (χ4v) is 13.4. The van der Waals surface area contributed by atoms with E-state index in [0.717, 1.165) is 23.7 Å². The third-order valence-corrected chi connectivity index (χ3v) is 13.4. The summed E-state index contributed by atoms with van der Waals surface area (Å²) < 4.78 is 0. The Morgan fingerprint density at radius 3 is 1.34 bits per heavy atom. The Morgan fingerprint density at radius 1 is 0.483 bits per heavy atom. The lowest BCUT2D eigenvalue weighted by Gasteiger charge is -2.44. The zero-order valence-electron chi connectivity index (χ0n) is 19.1. The van der Waals surface area contributed by atoms with Crippen molar-refractivity contribution in [3.63, 3.8) is 0 Å². The zero-order valence-corrected chi connectivity index (χ0v) is 19.1. The number of fused-ring (bicyclic) bond motifs is 18. The van der Waals surface area contributed by atoms with E-state index < -0.39 is 0 Å². The molecule has 8 saturated carbocycles. The molecule has 0 aromatic carbocycles. The predicted molar refractivity (Wildman–Crippen MR) is 118 cm³/mol. The third kappa shape index (κ3) is 2.24. The first-order valence-corrected chi connectivity index (χ1v) is 14.1. The van der Waals surface area contributed by atoms with Crippen LogP contribution < -0.4 is 0 Å². The Labute approximate surface area is 179 Å². The van der Waals surface area contributed by atoms with E-state index in [2.05, 4.69) is 13.8 Å². The lowest BCUT2D eigenvalue weighted by atomic mass is 9.61. The molecule has 0 heteroatoms. The van der Waals surface area contributed by atoms with Gasteiger partial charge in [0.2, 0.25) is 0 Å². The van der Waals surface area contributed by atoms with E-state index >= 15 is 0 Å². The summed E-state index contributed by atoms with van der Waals surface area (Å²) in [6, 6.07) is 0. The largest absolute Gasteiger partial charge is 0.0599 e. The molecule has 14 atom stereocenters. The van der Waals surface area contributed by atoms with Crippen LogP contribution in [0, 0.1) is 88.3 Å². The van der Waals surface area contributed by atoms with Crippen LogP contribution in [0.2, 0.25) is 0 Å². The molecule has 0 spiro atoms. The summed E-state index contributed by atoms with van der Waals surface area (Å²) in [6.07, 6.45) is 19.5. The first kappa shape index (κ1) is 17.5. The van der Waals surface area contributed by atoms with Gasteiger partial charge in [-0.3, -0.25) is 0 Å². The highest BCUT2D eigenvalue weighted by Gasteiger charge is 2.64. The summed E-state index contributed by atoms with van der Waals surface area (Å²) in [5.41, 5.74) is 0.616. The van der Waals surface area contributed by atoms with Crippen molar-refractivity contribution in [2.45, 2.75) is 90.9 Å². The van der Waals surface area contributed by atoms with Gasteiger partial charge in [-0.05, 0) is 165 Å². The topological polar surface area (TPSA) is 0 Å². The number of hydrogen-bond donors (Lipinski definition) is 0. The van der Waals surface area contributed by atoms with Crippen molar-refractivity contribution < 1.29 is 0 Å². The summed E-state index contributed by atoms with van der Waals surface area (Å²) in [5, 5.41) is 0. The maximum Gasteiger partial charge on any atom is -0.0321 e. The molecule has 0 aromatic rings. The average molecular weight is 393 g/mol. The monoisotopic (exact) mass is 392 g/mol. The van der Waals surface area contributed by atoms with Crippen molar-refractivity contribution in [1.82, 2.24) is 0 Å². The summed E-state index contributed by atoms with van der Waals surface area (Å²) in [6.45, 7) is 5.39. The molecule has 0 radical (unpaired) electrons. The van der Waals surface area contributed by atoms with Crippen molar-refractivity contribution in [1.29, 1.82) is 0 Å². The van der Waals surface area contributed by atoms with Gasteiger partial charge in [-0.25, -0.2) is 0 Å². The summed E-state index contributed by atoms with van der Waals surface area (Å²) in [7, 11) is 0. The maximum absolute atomic E-state index is 2.70. The Hall–Kier alpha value is 0. The van der Waals surface area contributed by atoms with E-state index in [1.165, 1.54) is 59.2 Å². The van der Waals surface area contributed by atoms with Crippen LogP contribution >= 0.6 is 0 Å². The van der Waals surface area contributed by atoms with Gasteiger partial charge in [0.25, 0.3) is 0 Å². The van der Waals surface area contributed by atoms with Gasteiger partial charge in [0, 0.05) is 0 Å². The first-order valence-electron chi connectivity index (χ1n) is 14.1. The summed E-state index contributed by atoms with van der Waals surface area (Å²) in [5.74, 6) is 16.4. The summed E-state index contributed by atoms with van der Waals surface area (Å²) in [4.78, 5) is 0. The van der Waals surface area contributed by atoms with E-state index in [4.69, 9.17) is 0 Å². The number of rotatable bonds is 4. The highest BCUT2D eigenvalue weighted by atomic mass is 14.7. The van der Waals surface area contributed by atoms with Crippen molar-refractivity contribution in [2.24, 2.45) is 88.3 Å². The Bertz CT molecular complexity index is 647.